The molecule has 0 radical (unpaired) electrons. The molecular formula is C14H18N2O4S. The van der Waals surface area contributed by atoms with Crippen LogP contribution in [0, 0.1) is 0 Å². The van der Waals surface area contributed by atoms with Gasteiger partial charge in [0.25, 0.3) is 0 Å². The maximum Gasteiger partial charge on any atom is 0.332 e. The Labute approximate surface area is 126 Å². The van der Waals surface area contributed by atoms with Crippen LogP contribution in [-0.4, -0.2) is 46.8 Å². The van der Waals surface area contributed by atoms with Gasteiger partial charge in [0.2, 0.25) is 0 Å². The maximum atomic E-state index is 12.5. The van der Waals surface area contributed by atoms with Gasteiger partial charge in [-0.1, -0.05) is 6.07 Å². The van der Waals surface area contributed by atoms with E-state index in [0.717, 1.165) is 17.7 Å². The molecule has 1 aliphatic carbocycles. The molecule has 2 fully saturated rings. The van der Waals surface area contributed by atoms with Crippen molar-refractivity contribution in [3.8, 4) is 0 Å². The van der Waals surface area contributed by atoms with Crippen molar-refractivity contribution in [1.82, 2.24) is 10.2 Å². The van der Waals surface area contributed by atoms with Crippen LogP contribution in [0.25, 0.3) is 0 Å². The van der Waals surface area contributed by atoms with E-state index in [0.29, 0.717) is 19.6 Å². The van der Waals surface area contributed by atoms with Crippen LogP contribution in [0.1, 0.15) is 24.1 Å². The van der Waals surface area contributed by atoms with E-state index >= 15 is 0 Å². The number of carbonyl (C=O) groups excluding carboxylic acids is 1. The molecule has 7 heteroatoms. The molecule has 2 N–H and O–H groups in total. The Kier molecular flexibility index (Phi) is 3.86. The normalized spacial score (nSPS) is 24.8. The Balaban J connectivity index is 1.70. The van der Waals surface area contributed by atoms with Crippen LogP contribution in [0.5, 0.6) is 0 Å². The summed E-state index contributed by atoms with van der Waals surface area (Å²) in [6, 6.07) is 3.85. The summed E-state index contributed by atoms with van der Waals surface area (Å²) in [5, 5.41) is 14.1. The van der Waals surface area contributed by atoms with Crippen LogP contribution >= 0.6 is 11.3 Å². The number of carboxylic acids is 1. The number of carbonyl (C=O) groups is 2. The first kappa shape index (κ1) is 14.3. The molecule has 114 valence electrons. The lowest BCUT2D eigenvalue weighted by Crippen LogP contribution is -2.58. The number of nitrogens with one attached hydrogen (secondary N) is 1. The molecule has 1 aromatic heterocycles. The molecule has 2 heterocycles. The summed E-state index contributed by atoms with van der Waals surface area (Å²) in [5.74, 6) is -1.03. The molecule has 3 rings (SSSR count). The van der Waals surface area contributed by atoms with Crippen molar-refractivity contribution in [2.75, 3.05) is 13.2 Å². The van der Waals surface area contributed by atoms with Crippen molar-refractivity contribution in [2.24, 2.45) is 0 Å². The monoisotopic (exact) mass is 310 g/mol. The summed E-state index contributed by atoms with van der Waals surface area (Å²) in [7, 11) is 0. The van der Waals surface area contributed by atoms with Gasteiger partial charge in [-0.15, -0.1) is 11.3 Å². The van der Waals surface area contributed by atoms with E-state index < -0.39 is 11.5 Å². The third-order valence-corrected chi connectivity index (χ3v) is 4.79. The maximum absolute atomic E-state index is 12.5. The lowest BCUT2D eigenvalue weighted by molar-refractivity contribution is -0.144. The fourth-order valence-electron chi connectivity index (χ4n) is 2.49. The number of amides is 2. The average Bonchev–Trinajstić information content (AvgIpc) is 2.97. The Hall–Kier alpha value is -1.60. The number of aliphatic carboxylic acids is 1. The van der Waals surface area contributed by atoms with Crippen LogP contribution in [0.4, 0.5) is 4.79 Å². The predicted octanol–water partition coefficient (Wildman–Crippen LogP) is 1.67. The number of rotatable bonds is 5. The Bertz CT molecular complexity index is 521. The second kappa shape index (κ2) is 5.65. The van der Waals surface area contributed by atoms with Crippen LogP contribution in [0.15, 0.2) is 17.5 Å². The second-order valence-electron chi connectivity index (χ2n) is 5.56. The van der Waals surface area contributed by atoms with Gasteiger partial charge in [-0.05, 0) is 24.3 Å². The lowest BCUT2D eigenvalue weighted by atomic mass is 9.99. The standard InChI is InChI=1S/C14H18N2O4S/c17-12(18)14(5-6-20-9-14)15-13(19)16(10-3-4-10)8-11-2-1-7-21-11/h1-2,7,10H,3-6,8-9H2,(H,15,19)(H,17,18). The van der Waals surface area contributed by atoms with Gasteiger partial charge in [-0.25, -0.2) is 9.59 Å². The highest BCUT2D eigenvalue weighted by atomic mass is 32.1. The highest BCUT2D eigenvalue weighted by Crippen LogP contribution is 2.30. The van der Waals surface area contributed by atoms with Gasteiger partial charge in [-0.3, -0.25) is 0 Å². The first-order valence-electron chi connectivity index (χ1n) is 7.03. The summed E-state index contributed by atoms with van der Waals surface area (Å²) in [6.07, 6.45) is 2.27. The zero-order chi connectivity index (χ0) is 14.9. The molecule has 2 aliphatic rings. The Morgan fingerprint density at radius 2 is 2.33 bits per heavy atom. The number of thiophene rings is 1. The molecule has 0 bridgehead atoms. The minimum absolute atomic E-state index is 0.0333. The van der Waals surface area contributed by atoms with E-state index in [1.54, 1.807) is 16.2 Å². The van der Waals surface area contributed by atoms with E-state index in [1.807, 2.05) is 17.5 Å². The molecule has 2 amide bonds. The van der Waals surface area contributed by atoms with Crippen molar-refractivity contribution in [1.29, 1.82) is 0 Å². The van der Waals surface area contributed by atoms with Crippen LogP contribution in [-0.2, 0) is 16.1 Å². The second-order valence-corrected chi connectivity index (χ2v) is 6.59. The van der Waals surface area contributed by atoms with Gasteiger partial charge in [0.1, 0.15) is 0 Å². The van der Waals surface area contributed by atoms with Crippen molar-refractivity contribution in [2.45, 2.75) is 37.4 Å². The van der Waals surface area contributed by atoms with Gasteiger partial charge in [0, 0.05) is 23.9 Å². The number of hydrogen-bond donors (Lipinski definition) is 2. The SMILES string of the molecule is O=C(NC1(C(=O)O)CCOC1)N(Cc1cccs1)C1CC1. The smallest absolute Gasteiger partial charge is 0.332 e. The number of ether oxygens (including phenoxy) is 1. The van der Waals surface area contributed by atoms with Crippen molar-refractivity contribution in [3.05, 3.63) is 22.4 Å². The van der Waals surface area contributed by atoms with Gasteiger partial charge in [0.05, 0.1) is 13.2 Å². The highest BCUT2D eigenvalue weighted by molar-refractivity contribution is 7.09. The van der Waals surface area contributed by atoms with E-state index in [1.165, 1.54) is 0 Å². The van der Waals surface area contributed by atoms with Crippen molar-refractivity contribution < 1.29 is 19.4 Å². The summed E-state index contributed by atoms with van der Waals surface area (Å²) >= 11 is 1.60. The van der Waals surface area contributed by atoms with Gasteiger partial charge in [0.15, 0.2) is 5.54 Å². The zero-order valence-corrected chi connectivity index (χ0v) is 12.4. The third kappa shape index (κ3) is 3.03. The number of hydrogen-bond acceptors (Lipinski definition) is 4. The largest absolute Gasteiger partial charge is 0.479 e. The Morgan fingerprint density at radius 3 is 2.86 bits per heavy atom. The molecule has 1 saturated heterocycles. The lowest BCUT2D eigenvalue weighted by Gasteiger charge is -2.29. The first-order chi connectivity index (χ1) is 10.1. The third-order valence-electron chi connectivity index (χ3n) is 3.93. The van der Waals surface area contributed by atoms with Crippen LogP contribution < -0.4 is 5.32 Å². The molecule has 0 aromatic carbocycles. The zero-order valence-electron chi connectivity index (χ0n) is 11.6. The van der Waals surface area contributed by atoms with Gasteiger partial charge < -0.3 is 20.1 Å². The molecule has 1 saturated carbocycles. The Morgan fingerprint density at radius 1 is 1.52 bits per heavy atom. The fourth-order valence-corrected chi connectivity index (χ4v) is 3.19. The van der Waals surface area contributed by atoms with E-state index in [4.69, 9.17) is 4.74 Å². The average molecular weight is 310 g/mol. The molecule has 1 unspecified atom stereocenters. The van der Waals surface area contributed by atoms with Crippen molar-refractivity contribution >= 4 is 23.3 Å². The summed E-state index contributed by atoms with van der Waals surface area (Å²) < 4.78 is 5.17. The number of nitrogens with zero attached hydrogens (tertiary/aromatic N) is 1. The molecule has 6 nitrogen and oxygen atoms in total. The molecule has 1 aromatic rings. The first-order valence-corrected chi connectivity index (χ1v) is 7.91. The quantitative estimate of drug-likeness (QED) is 0.867. The van der Waals surface area contributed by atoms with Crippen molar-refractivity contribution in [3.63, 3.8) is 0 Å². The molecule has 21 heavy (non-hydrogen) atoms. The fraction of sp³-hybridized carbons (Fsp3) is 0.571. The minimum atomic E-state index is -1.28. The van der Waals surface area contributed by atoms with Gasteiger partial charge >= 0.3 is 12.0 Å². The van der Waals surface area contributed by atoms with E-state index in [-0.39, 0.29) is 18.7 Å². The highest BCUT2D eigenvalue weighted by Gasteiger charge is 2.46. The van der Waals surface area contributed by atoms with Crippen LogP contribution in [0.2, 0.25) is 0 Å². The predicted molar refractivity (Wildman–Crippen MR) is 77.2 cm³/mol. The number of urea groups is 1. The van der Waals surface area contributed by atoms with E-state index in [9.17, 15) is 14.7 Å². The molecule has 1 atom stereocenters. The van der Waals surface area contributed by atoms with E-state index in [2.05, 4.69) is 5.32 Å². The number of carboxylic acid groups (broad SMARTS) is 1. The summed E-state index contributed by atoms with van der Waals surface area (Å²) in [5.41, 5.74) is -1.28. The summed E-state index contributed by atoms with van der Waals surface area (Å²) in [4.78, 5) is 26.8. The summed E-state index contributed by atoms with van der Waals surface area (Å²) in [6.45, 7) is 0.928. The topological polar surface area (TPSA) is 78.9 Å². The minimum Gasteiger partial charge on any atom is -0.479 e. The molecule has 0 spiro atoms. The van der Waals surface area contributed by atoms with Crippen LogP contribution in [0.3, 0.4) is 0 Å². The molecule has 1 aliphatic heterocycles. The molecular weight excluding hydrogens is 292 g/mol. The van der Waals surface area contributed by atoms with Gasteiger partial charge in [-0.2, -0.15) is 0 Å².